The summed E-state index contributed by atoms with van der Waals surface area (Å²) in [7, 11) is 0. The predicted octanol–water partition coefficient (Wildman–Crippen LogP) is 2.22. The first-order chi connectivity index (χ1) is 13.5. The van der Waals surface area contributed by atoms with Gasteiger partial charge in [0.1, 0.15) is 11.3 Å². The van der Waals surface area contributed by atoms with E-state index in [1.807, 2.05) is 18.0 Å². The second kappa shape index (κ2) is 7.33. The fourth-order valence-corrected chi connectivity index (χ4v) is 4.12. The average molecular weight is 383 g/mol. The molecule has 0 bridgehead atoms. The number of likely N-dealkylation sites (tertiary alicyclic amines) is 1. The number of amides is 2. The van der Waals surface area contributed by atoms with Crippen LogP contribution in [0.4, 0.5) is 0 Å². The molecule has 2 amide bonds. The minimum Gasteiger partial charge on any atom is -0.361 e. The molecule has 2 aliphatic heterocycles. The van der Waals surface area contributed by atoms with Crippen LogP contribution in [0.3, 0.4) is 0 Å². The highest BCUT2D eigenvalue weighted by Crippen LogP contribution is 2.33. The van der Waals surface area contributed by atoms with Crippen LogP contribution in [0.5, 0.6) is 0 Å². The molecular weight excluding hydrogens is 358 g/mol. The summed E-state index contributed by atoms with van der Waals surface area (Å²) in [5.41, 5.74) is 3.25. The van der Waals surface area contributed by atoms with E-state index in [1.54, 1.807) is 18.7 Å². The molecule has 0 aliphatic carbocycles. The topological polar surface area (TPSA) is 92.4 Å². The van der Waals surface area contributed by atoms with Crippen molar-refractivity contribution in [3.8, 4) is 0 Å². The second-order valence-electron chi connectivity index (χ2n) is 7.46. The van der Waals surface area contributed by atoms with E-state index in [1.165, 1.54) is 0 Å². The van der Waals surface area contributed by atoms with E-state index in [2.05, 4.69) is 10.1 Å². The van der Waals surface area contributed by atoms with Crippen LogP contribution in [-0.2, 0) is 24.2 Å². The Kier molecular flexibility index (Phi) is 4.87. The van der Waals surface area contributed by atoms with E-state index in [-0.39, 0.29) is 17.9 Å². The number of carbonyl (C=O) groups is 2. The summed E-state index contributed by atoms with van der Waals surface area (Å²) in [6.45, 7) is 7.23. The molecule has 2 aliphatic rings. The van der Waals surface area contributed by atoms with Gasteiger partial charge in [-0.25, -0.2) is 9.97 Å². The highest BCUT2D eigenvalue weighted by Gasteiger charge is 2.36. The maximum atomic E-state index is 13.2. The molecule has 0 spiro atoms. The predicted molar refractivity (Wildman–Crippen MR) is 100 cm³/mol. The lowest BCUT2D eigenvalue weighted by Gasteiger charge is -2.28. The van der Waals surface area contributed by atoms with Crippen LogP contribution in [0.1, 0.15) is 71.6 Å². The van der Waals surface area contributed by atoms with Crippen molar-refractivity contribution in [2.24, 2.45) is 0 Å². The molecule has 0 N–H and O–H groups in total. The Balaban J connectivity index is 1.60. The molecule has 28 heavy (non-hydrogen) atoms. The first kappa shape index (κ1) is 18.6. The van der Waals surface area contributed by atoms with Gasteiger partial charge in [-0.3, -0.25) is 9.59 Å². The van der Waals surface area contributed by atoms with Crippen molar-refractivity contribution in [1.29, 1.82) is 0 Å². The van der Waals surface area contributed by atoms with E-state index >= 15 is 0 Å². The Morgan fingerprint density at radius 3 is 2.89 bits per heavy atom. The molecule has 0 saturated carbocycles. The van der Waals surface area contributed by atoms with Crippen LogP contribution in [0.25, 0.3) is 0 Å². The molecule has 0 unspecified atom stereocenters. The molecule has 8 heteroatoms. The summed E-state index contributed by atoms with van der Waals surface area (Å²) in [5.74, 6) is 1.26. The quantitative estimate of drug-likeness (QED) is 0.807. The zero-order valence-corrected chi connectivity index (χ0v) is 16.6. The SMILES string of the molecule is CCc1noc(C)c1C(=O)N1CCC[C@H]1c1ncc2c(n1)CCN(C(C)=O)C2. The standard InChI is InChI=1S/C20H25N5O3/c1-4-15-18(12(2)28-23-15)20(27)25-8-5-6-17(25)19-21-10-14-11-24(13(3)26)9-7-16(14)22-19/h10,17H,4-9,11H2,1-3H3/t17-/m0/s1. The lowest BCUT2D eigenvalue weighted by molar-refractivity contribution is -0.129. The van der Waals surface area contributed by atoms with Crippen LogP contribution in [-0.4, -0.2) is 49.8 Å². The Morgan fingerprint density at radius 1 is 1.32 bits per heavy atom. The third kappa shape index (κ3) is 3.16. The van der Waals surface area contributed by atoms with Crippen LogP contribution in [0.2, 0.25) is 0 Å². The van der Waals surface area contributed by atoms with Crippen molar-refractivity contribution >= 4 is 11.8 Å². The summed E-state index contributed by atoms with van der Waals surface area (Å²) in [5, 5.41) is 4.02. The minimum atomic E-state index is -0.136. The summed E-state index contributed by atoms with van der Waals surface area (Å²) >= 11 is 0. The van der Waals surface area contributed by atoms with Crippen molar-refractivity contribution in [1.82, 2.24) is 24.9 Å². The summed E-state index contributed by atoms with van der Waals surface area (Å²) in [6, 6.07) is -0.136. The second-order valence-corrected chi connectivity index (χ2v) is 7.46. The lowest BCUT2D eigenvalue weighted by Crippen LogP contribution is -2.36. The number of aryl methyl sites for hydroxylation is 2. The van der Waals surface area contributed by atoms with Crippen LogP contribution < -0.4 is 0 Å². The summed E-state index contributed by atoms with van der Waals surface area (Å²) in [6.07, 6.45) is 4.95. The zero-order valence-electron chi connectivity index (χ0n) is 16.6. The normalized spacial score (nSPS) is 19.0. The van der Waals surface area contributed by atoms with Gasteiger partial charge < -0.3 is 14.3 Å². The lowest BCUT2D eigenvalue weighted by atomic mass is 10.1. The molecule has 0 radical (unpaired) electrons. The highest BCUT2D eigenvalue weighted by molar-refractivity contribution is 5.96. The van der Waals surface area contributed by atoms with E-state index in [4.69, 9.17) is 9.51 Å². The molecule has 0 aromatic carbocycles. The molecule has 4 heterocycles. The highest BCUT2D eigenvalue weighted by atomic mass is 16.5. The van der Waals surface area contributed by atoms with Crippen LogP contribution in [0, 0.1) is 6.92 Å². The number of hydrogen-bond donors (Lipinski definition) is 0. The smallest absolute Gasteiger partial charge is 0.260 e. The van der Waals surface area contributed by atoms with E-state index in [0.717, 1.165) is 30.5 Å². The third-order valence-corrected chi connectivity index (χ3v) is 5.69. The number of nitrogens with zero attached hydrogens (tertiary/aromatic N) is 5. The molecule has 148 valence electrons. The molecule has 2 aromatic rings. The maximum absolute atomic E-state index is 13.2. The van der Waals surface area contributed by atoms with Gasteiger partial charge in [0.15, 0.2) is 5.82 Å². The van der Waals surface area contributed by atoms with Crippen LogP contribution in [0.15, 0.2) is 10.7 Å². The molecule has 2 aromatic heterocycles. The largest absolute Gasteiger partial charge is 0.361 e. The van der Waals surface area contributed by atoms with Crippen molar-refractivity contribution in [2.45, 2.75) is 59.0 Å². The first-order valence-electron chi connectivity index (χ1n) is 9.86. The fraction of sp³-hybridized carbons (Fsp3) is 0.550. The van der Waals surface area contributed by atoms with Gasteiger partial charge >= 0.3 is 0 Å². The van der Waals surface area contributed by atoms with Crippen molar-refractivity contribution in [3.05, 3.63) is 40.3 Å². The molecule has 1 saturated heterocycles. The number of hydrogen-bond acceptors (Lipinski definition) is 6. The molecular formula is C20H25N5O3. The molecule has 4 rings (SSSR count). The fourth-order valence-electron chi connectivity index (χ4n) is 4.12. The molecule has 1 atom stereocenters. The molecule has 1 fully saturated rings. The number of aromatic nitrogens is 3. The minimum absolute atomic E-state index is 0.0535. The van der Waals surface area contributed by atoms with Gasteiger partial charge in [-0.1, -0.05) is 12.1 Å². The van der Waals surface area contributed by atoms with Gasteiger partial charge in [-0.05, 0) is 26.2 Å². The first-order valence-corrected chi connectivity index (χ1v) is 9.86. The third-order valence-electron chi connectivity index (χ3n) is 5.69. The Bertz CT molecular complexity index is 923. The van der Waals surface area contributed by atoms with E-state index in [9.17, 15) is 9.59 Å². The maximum Gasteiger partial charge on any atom is 0.260 e. The Morgan fingerprint density at radius 2 is 2.14 bits per heavy atom. The van der Waals surface area contributed by atoms with Crippen molar-refractivity contribution < 1.29 is 14.1 Å². The number of fused-ring (bicyclic) bond motifs is 1. The van der Waals surface area contributed by atoms with Crippen molar-refractivity contribution in [3.63, 3.8) is 0 Å². The van der Waals surface area contributed by atoms with E-state index in [0.29, 0.717) is 48.9 Å². The van der Waals surface area contributed by atoms with Crippen LogP contribution >= 0.6 is 0 Å². The number of carbonyl (C=O) groups excluding carboxylic acids is 2. The van der Waals surface area contributed by atoms with Crippen molar-refractivity contribution in [2.75, 3.05) is 13.1 Å². The molecule has 8 nitrogen and oxygen atoms in total. The summed E-state index contributed by atoms with van der Waals surface area (Å²) in [4.78, 5) is 37.9. The Labute approximate surface area is 163 Å². The van der Waals surface area contributed by atoms with E-state index < -0.39 is 0 Å². The van der Waals surface area contributed by atoms with Gasteiger partial charge in [-0.2, -0.15) is 0 Å². The van der Waals surface area contributed by atoms with Gasteiger partial charge in [-0.15, -0.1) is 0 Å². The monoisotopic (exact) mass is 383 g/mol. The van der Waals surface area contributed by atoms with Gasteiger partial charge in [0.05, 0.1) is 17.4 Å². The van der Waals surface area contributed by atoms with Gasteiger partial charge in [0, 0.05) is 44.7 Å². The van der Waals surface area contributed by atoms with Gasteiger partial charge in [0.25, 0.3) is 5.91 Å². The zero-order chi connectivity index (χ0) is 19.8. The van der Waals surface area contributed by atoms with Gasteiger partial charge in [0.2, 0.25) is 5.91 Å². The summed E-state index contributed by atoms with van der Waals surface area (Å²) < 4.78 is 5.25. The average Bonchev–Trinajstić information content (AvgIpc) is 3.33. The number of rotatable bonds is 3. The Hall–Kier alpha value is -2.77.